The van der Waals surface area contributed by atoms with Gasteiger partial charge >= 0.3 is 7.48 Å². The van der Waals surface area contributed by atoms with Crippen LogP contribution < -0.4 is 5.73 Å². The minimum atomic E-state index is 0.567. The van der Waals surface area contributed by atoms with E-state index in [9.17, 15) is 0 Å². The molecule has 0 saturated heterocycles. The Kier molecular flexibility index (Phi) is 2.72. The fraction of sp³-hybridized carbons (Fsp3) is 0.429. The van der Waals surface area contributed by atoms with Crippen LogP contribution in [-0.2, 0) is 0 Å². The summed E-state index contributed by atoms with van der Waals surface area (Å²) in [7, 11) is 1.16. The van der Waals surface area contributed by atoms with E-state index in [1.165, 1.54) is 0 Å². The van der Waals surface area contributed by atoms with Gasteiger partial charge in [-0.2, -0.15) is 0 Å². The topological polar surface area (TPSA) is 46.2 Å². The van der Waals surface area contributed by atoms with Crippen LogP contribution in [-0.4, -0.2) is 19.1 Å². The third-order valence-electron chi connectivity index (χ3n) is 1.61. The standard InChI is InChI=1S/C7H11BNO/c9-5-6-2-1-3-7(4-6)8-10/h2,4,10H,1,3,5,9H2. The van der Waals surface area contributed by atoms with Crippen LogP contribution in [0.15, 0.2) is 23.2 Å². The Bertz CT molecular complexity index is 174. The molecule has 0 aromatic rings. The Balaban J connectivity index is 2.61. The lowest BCUT2D eigenvalue weighted by Crippen LogP contribution is -2.07. The van der Waals surface area contributed by atoms with Gasteiger partial charge in [0.25, 0.3) is 0 Å². The Morgan fingerprint density at radius 3 is 3.10 bits per heavy atom. The second-order valence-electron chi connectivity index (χ2n) is 2.37. The maximum atomic E-state index is 8.64. The molecule has 0 aromatic heterocycles. The first-order valence-electron chi connectivity index (χ1n) is 3.44. The monoisotopic (exact) mass is 136 g/mol. The molecule has 10 heavy (non-hydrogen) atoms. The second-order valence-corrected chi connectivity index (χ2v) is 2.37. The van der Waals surface area contributed by atoms with Crippen molar-refractivity contribution in [3.05, 3.63) is 23.2 Å². The van der Waals surface area contributed by atoms with E-state index in [1.54, 1.807) is 0 Å². The molecular formula is C7H11BNO. The molecule has 3 N–H and O–H groups in total. The van der Waals surface area contributed by atoms with Crippen molar-refractivity contribution in [1.82, 2.24) is 0 Å². The normalized spacial score (nSPS) is 17.8. The molecule has 0 heterocycles. The predicted molar refractivity (Wildman–Crippen MR) is 42.4 cm³/mol. The molecule has 0 bridgehead atoms. The Morgan fingerprint density at radius 1 is 1.70 bits per heavy atom. The molecule has 53 valence electrons. The molecule has 1 radical (unpaired) electrons. The zero-order valence-corrected chi connectivity index (χ0v) is 5.88. The minimum Gasteiger partial charge on any atom is -0.450 e. The van der Waals surface area contributed by atoms with Crippen molar-refractivity contribution in [3.8, 4) is 0 Å². The lowest BCUT2D eigenvalue weighted by molar-refractivity contribution is 0.607. The molecule has 1 rings (SSSR count). The van der Waals surface area contributed by atoms with E-state index in [2.05, 4.69) is 6.08 Å². The highest BCUT2D eigenvalue weighted by Gasteiger charge is 2.03. The largest absolute Gasteiger partial charge is 0.450 e. The lowest BCUT2D eigenvalue weighted by atomic mass is 9.80. The van der Waals surface area contributed by atoms with E-state index in [0.29, 0.717) is 6.54 Å². The first kappa shape index (κ1) is 7.57. The van der Waals surface area contributed by atoms with Gasteiger partial charge in [-0.05, 0) is 18.4 Å². The highest BCUT2D eigenvalue weighted by Crippen LogP contribution is 2.14. The van der Waals surface area contributed by atoms with Gasteiger partial charge in [-0.1, -0.05) is 17.6 Å². The third kappa shape index (κ3) is 1.72. The van der Waals surface area contributed by atoms with Gasteiger partial charge in [0.05, 0.1) is 0 Å². The van der Waals surface area contributed by atoms with Gasteiger partial charge in [0.15, 0.2) is 0 Å². The average molecular weight is 136 g/mol. The molecule has 0 unspecified atom stereocenters. The molecule has 0 aromatic carbocycles. The SMILES string of the molecule is NCC1=CCCC([B]O)=C1. The molecular weight excluding hydrogens is 125 g/mol. The van der Waals surface area contributed by atoms with Gasteiger partial charge in [-0.15, -0.1) is 0 Å². The summed E-state index contributed by atoms with van der Waals surface area (Å²) in [6, 6.07) is 0. The molecule has 0 saturated carbocycles. The second kappa shape index (κ2) is 3.59. The van der Waals surface area contributed by atoms with E-state index in [4.69, 9.17) is 10.8 Å². The Hall–Kier alpha value is -0.535. The van der Waals surface area contributed by atoms with Gasteiger partial charge in [-0.3, -0.25) is 0 Å². The summed E-state index contributed by atoms with van der Waals surface area (Å²) >= 11 is 0. The molecule has 1 aliphatic carbocycles. The van der Waals surface area contributed by atoms with E-state index in [-0.39, 0.29) is 0 Å². The summed E-state index contributed by atoms with van der Waals surface area (Å²) in [5.74, 6) is 0. The van der Waals surface area contributed by atoms with Gasteiger partial charge < -0.3 is 10.8 Å². The maximum Gasteiger partial charge on any atom is 0.322 e. The number of allylic oxidation sites excluding steroid dienone is 2. The van der Waals surface area contributed by atoms with Gasteiger partial charge in [0.1, 0.15) is 0 Å². The van der Waals surface area contributed by atoms with E-state index < -0.39 is 0 Å². The zero-order valence-electron chi connectivity index (χ0n) is 5.88. The van der Waals surface area contributed by atoms with Crippen LogP contribution in [0.25, 0.3) is 0 Å². The summed E-state index contributed by atoms with van der Waals surface area (Å²) in [5.41, 5.74) is 7.50. The first-order valence-corrected chi connectivity index (χ1v) is 3.44. The van der Waals surface area contributed by atoms with E-state index in [1.807, 2.05) is 6.08 Å². The highest BCUT2D eigenvalue weighted by molar-refractivity contribution is 6.36. The maximum absolute atomic E-state index is 8.64. The smallest absolute Gasteiger partial charge is 0.322 e. The molecule has 2 nitrogen and oxygen atoms in total. The van der Waals surface area contributed by atoms with Gasteiger partial charge in [-0.25, -0.2) is 0 Å². The van der Waals surface area contributed by atoms with Crippen molar-refractivity contribution >= 4 is 7.48 Å². The van der Waals surface area contributed by atoms with Crippen LogP contribution >= 0.6 is 0 Å². The van der Waals surface area contributed by atoms with Crippen molar-refractivity contribution in [1.29, 1.82) is 0 Å². The van der Waals surface area contributed by atoms with Crippen molar-refractivity contribution < 1.29 is 5.02 Å². The van der Waals surface area contributed by atoms with E-state index in [0.717, 1.165) is 31.4 Å². The minimum absolute atomic E-state index is 0.567. The number of hydrogen-bond acceptors (Lipinski definition) is 2. The summed E-state index contributed by atoms with van der Waals surface area (Å²) < 4.78 is 0. The predicted octanol–water partition coefficient (Wildman–Crippen LogP) is 0.161. The summed E-state index contributed by atoms with van der Waals surface area (Å²) in [6.07, 6.45) is 5.96. The van der Waals surface area contributed by atoms with Crippen LogP contribution in [0.5, 0.6) is 0 Å². The van der Waals surface area contributed by atoms with Crippen LogP contribution in [0.4, 0.5) is 0 Å². The van der Waals surface area contributed by atoms with Crippen molar-refractivity contribution in [2.45, 2.75) is 12.8 Å². The number of nitrogens with two attached hydrogens (primary N) is 1. The zero-order chi connectivity index (χ0) is 7.40. The molecule has 0 amide bonds. The van der Waals surface area contributed by atoms with Crippen LogP contribution in [0.1, 0.15) is 12.8 Å². The van der Waals surface area contributed by atoms with Crippen molar-refractivity contribution in [3.63, 3.8) is 0 Å². The lowest BCUT2D eigenvalue weighted by Gasteiger charge is -2.08. The fourth-order valence-electron chi connectivity index (χ4n) is 1.04. The Morgan fingerprint density at radius 2 is 2.50 bits per heavy atom. The Labute approximate surface area is 61.7 Å². The molecule has 3 heteroatoms. The molecule has 0 aliphatic heterocycles. The first-order chi connectivity index (χ1) is 4.86. The van der Waals surface area contributed by atoms with E-state index >= 15 is 0 Å². The molecule has 0 spiro atoms. The quantitative estimate of drug-likeness (QED) is 0.531. The van der Waals surface area contributed by atoms with Crippen LogP contribution in [0, 0.1) is 0 Å². The fourth-order valence-corrected chi connectivity index (χ4v) is 1.04. The van der Waals surface area contributed by atoms with Gasteiger partial charge in [0, 0.05) is 6.54 Å². The number of hydrogen-bond donors (Lipinski definition) is 2. The third-order valence-corrected chi connectivity index (χ3v) is 1.61. The molecule has 0 atom stereocenters. The van der Waals surface area contributed by atoms with Crippen molar-refractivity contribution in [2.24, 2.45) is 5.73 Å². The average Bonchev–Trinajstić information content (AvgIpc) is 2.05. The summed E-state index contributed by atoms with van der Waals surface area (Å²) in [5, 5.41) is 8.64. The highest BCUT2D eigenvalue weighted by atomic mass is 16.2. The summed E-state index contributed by atoms with van der Waals surface area (Å²) in [4.78, 5) is 0. The van der Waals surface area contributed by atoms with Crippen LogP contribution in [0.3, 0.4) is 0 Å². The van der Waals surface area contributed by atoms with Crippen molar-refractivity contribution in [2.75, 3.05) is 6.54 Å². The molecule has 0 fully saturated rings. The summed E-state index contributed by atoms with van der Waals surface area (Å²) in [6.45, 7) is 0.567. The molecule has 1 aliphatic rings. The van der Waals surface area contributed by atoms with Crippen LogP contribution in [0.2, 0.25) is 0 Å². The van der Waals surface area contributed by atoms with Gasteiger partial charge in [0.2, 0.25) is 0 Å². The number of rotatable bonds is 2.